The van der Waals surface area contributed by atoms with Gasteiger partial charge in [0.2, 0.25) is 0 Å². The quantitative estimate of drug-likeness (QED) is 0.710. The van der Waals surface area contributed by atoms with Crippen LogP contribution < -0.4 is 4.74 Å². The average molecular weight is 298 g/mol. The molecule has 4 heteroatoms. The Balaban J connectivity index is 1.65. The van der Waals surface area contributed by atoms with Gasteiger partial charge < -0.3 is 14.7 Å². The molecule has 1 N–H and O–H groups in total. The van der Waals surface area contributed by atoms with E-state index in [0.717, 1.165) is 49.4 Å². The Labute approximate surface area is 126 Å². The van der Waals surface area contributed by atoms with Crippen molar-refractivity contribution in [3.63, 3.8) is 0 Å². The number of rotatable bonds is 9. The Morgan fingerprint density at radius 3 is 2.45 bits per heavy atom. The molecule has 1 aromatic carbocycles. The molecule has 1 aliphatic rings. The third-order valence-electron chi connectivity index (χ3n) is 3.87. The smallest absolute Gasteiger partial charge is 0.119 e. The number of ether oxygens (including phenoxy) is 1. The van der Waals surface area contributed by atoms with Crippen LogP contribution in [0, 0.1) is 0 Å². The zero-order valence-electron chi connectivity index (χ0n) is 11.9. The van der Waals surface area contributed by atoms with Crippen molar-refractivity contribution in [3.8, 4) is 5.75 Å². The van der Waals surface area contributed by atoms with E-state index in [1.54, 1.807) is 0 Å². The Morgan fingerprint density at radius 2 is 1.85 bits per heavy atom. The molecule has 1 aromatic rings. The number of nitrogens with zero attached hydrogens (tertiary/aromatic N) is 1. The van der Waals surface area contributed by atoms with E-state index < -0.39 is 0 Å². The van der Waals surface area contributed by atoms with Crippen LogP contribution in [0.25, 0.3) is 0 Å². The highest BCUT2D eigenvalue weighted by Crippen LogP contribution is 2.25. The van der Waals surface area contributed by atoms with Crippen LogP contribution in [0.5, 0.6) is 5.75 Å². The molecule has 1 fully saturated rings. The molecule has 112 valence electrons. The molecule has 2 rings (SSSR count). The first-order valence-electron chi connectivity index (χ1n) is 7.53. The van der Waals surface area contributed by atoms with E-state index in [1.807, 2.05) is 24.3 Å². The topological polar surface area (TPSA) is 32.7 Å². The molecule has 0 spiro atoms. The van der Waals surface area contributed by atoms with Crippen molar-refractivity contribution >= 4 is 11.6 Å². The molecule has 0 unspecified atom stereocenters. The summed E-state index contributed by atoms with van der Waals surface area (Å²) in [6, 6.07) is 8.23. The maximum absolute atomic E-state index is 8.97. The molecule has 1 saturated carbocycles. The van der Waals surface area contributed by atoms with Crippen LogP contribution in [0.15, 0.2) is 24.3 Å². The Kier molecular flexibility index (Phi) is 6.64. The first kappa shape index (κ1) is 15.6. The minimum Gasteiger partial charge on any atom is -0.494 e. The second-order valence-corrected chi connectivity index (χ2v) is 5.79. The fourth-order valence-corrected chi connectivity index (χ4v) is 2.62. The third-order valence-corrected chi connectivity index (χ3v) is 4.12. The van der Waals surface area contributed by atoms with Gasteiger partial charge in [-0.25, -0.2) is 0 Å². The highest BCUT2D eigenvalue weighted by Gasteiger charge is 2.23. The molecular weight excluding hydrogens is 274 g/mol. The number of aliphatic hydroxyl groups excluding tert-OH is 1. The van der Waals surface area contributed by atoms with E-state index in [-0.39, 0.29) is 6.61 Å². The van der Waals surface area contributed by atoms with Gasteiger partial charge in [0.1, 0.15) is 5.75 Å². The standard InChI is InChI=1S/C16H24ClNO2/c17-14-6-8-16(9-7-14)20-13-3-11-18(10-2-12-19)15-4-1-5-15/h6-9,15,19H,1-5,10-13H2. The van der Waals surface area contributed by atoms with Gasteiger partial charge in [-0.15, -0.1) is 0 Å². The minimum atomic E-state index is 0.282. The molecule has 1 aliphatic carbocycles. The summed E-state index contributed by atoms with van der Waals surface area (Å²) in [4.78, 5) is 2.50. The van der Waals surface area contributed by atoms with Crippen molar-refractivity contribution in [3.05, 3.63) is 29.3 Å². The Bertz CT molecular complexity index is 379. The summed E-state index contributed by atoms with van der Waals surface area (Å²) in [7, 11) is 0. The molecular formula is C16H24ClNO2. The lowest BCUT2D eigenvalue weighted by Crippen LogP contribution is -2.41. The molecule has 0 radical (unpaired) electrons. The van der Waals surface area contributed by atoms with Gasteiger partial charge >= 0.3 is 0 Å². The molecule has 0 atom stereocenters. The molecule has 0 bridgehead atoms. The molecule has 0 saturated heterocycles. The van der Waals surface area contributed by atoms with E-state index in [2.05, 4.69) is 4.90 Å². The monoisotopic (exact) mass is 297 g/mol. The van der Waals surface area contributed by atoms with Crippen molar-refractivity contribution < 1.29 is 9.84 Å². The maximum Gasteiger partial charge on any atom is 0.119 e. The van der Waals surface area contributed by atoms with Crippen molar-refractivity contribution in [2.75, 3.05) is 26.3 Å². The zero-order valence-corrected chi connectivity index (χ0v) is 12.7. The van der Waals surface area contributed by atoms with Crippen LogP contribution in [0.1, 0.15) is 32.1 Å². The third kappa shape index (κ3) is 4.97. The molecule has 20 heavy (non-hydrogen) atoms. The van der Waals surface area contributed by atoms with E-state index in [0.29, 0.717) is 0 Å². The summed E-state index contributed by atoms with van der Waals surface area (Å²) in [5.41, 5.74) is 0. The van der Waals surface area contributed by atoms with Crippen molar-refractivity contribution in [2.45, 2.75) is 38.1 Å². The van der Waals surface area contributed by atoms with Crippen LogP contribution in [-0.4, -0.2) is 42.4 Å². The van der Waals surface area contributed by atoms with Gasteiger partial charge in [-0.05, 0) is 49.9 Å². The van der Waals surface area contributed by atoms with Crippen LogP contribution in [0.2, 0.25) is 5.02 Å². The lowest BCUT2D eigenvalue weighted by atomic mass is 9.91. The summed E-state index contributed by atoms with van der Waals surface area (Å²) >= 11 is 5.84. The SMILES string of the molecule is OCCCN(CCCOc1ccc(Cl)cc1)C1CCC1. The highest BCUT2D eigenvalue weighted by molar-refractivity contribution is 6.30. The number of halogens is 1. The zero-order chi connectivity index (χ0) is 14.2. The number of aliphatic hydroxyl groups is 1. The van der Waals surface area contributed by atoms with E-state index in [4.69, 9.17) is 21.4 Å². The summed E-state index contributed by atoms with van der Waals surface area (Å²) in [5.74, 6) is 0.875. The van der Waals surface area contributed by atoms with Gasteiger partial charge in [-0.3, -0.25) is 0 Å². The Hall–Kier alpha value is -0.770. The molecule has 0 amide bonds. The summed E-state index contributed by atoms with van der Waals surface area (Å²) in [6.45, 7) is 3.06. The van der Waals surface area contributed by atoms with Crippen molar-refractivity contribution in [2.24, 2.45) is 0 Å². The first-order valence-corrected chi connectivity index (χ1v) is 7.90. The van der Waals surface area contributed by atoms with Crippen LogP contribution in [-0.2, 0) is 0 Å². The largest absolute Gasteiger partial charge is 0.494 e. The fraction of sp³-hybridized carbons (Fsp3) is 0.625. The molecule has 3 nitrogen and oxygen atoms in total. The van der Waals surface area contributed by atoms with Gasteiger partial charge in [0.25, 0.3) is 0 Å². The fourth-order valence-electron chi connectivity index (χ4n) is 2.49. The first-order chi connectivity index (χ1) is 9.79. The van der Waals surface area contributed by atoms with Crippen LogP contribution in [0.3, 0.4) is 0 Å². The predicted octanol–water partition coefficient (Wildman–Crippen LogP) is 3.35. The summed E-state index contributed by atoms with van der Waals surface area (Å²) in [6.07, 6.45) is 5.85. The van der Waals surface area contributed by atoms with Crippen LogP contribution >= 0.6 is 11.6 Å². The predicted molar refractivity (Wildman–Crippen MR) is 82.5 cm³/mol. The maximum atomic E-state index is 8.97. The van der Waals surface area contributed by atoms with Gasteiger partial charge in [-0.2, -0.15) is 0 Å². The number of hydrogen-bond donors (Lipinski definition) is 1. The normalized spacial score (nSPS) is 15.3. The van der Waals surface area contributed by atoms with Gasteiger partial charge in [0.05, 0.1) is 6.61 Å². The second-order valence-electron chi connectivity index (χ2n) is 5.35. The van der Waals surface area contributed by atoms with Gasteiger partial charge in [0, 0.05) is 30.8 Å². The number of hydrogen-bond acceptors (Lipinski definition) is 3. The van der Waals surface area contributed by atoms with E-state index in [9.17, 15) is 0 Å². The van der Waals surface area contributed by atoms with E-state index in [1.165, 1.54) is 19.3 Å². The average Bonchev–Trinajstić information content (AvgIpc) is 2.40. The van der Waals surface area contributed by atoms with Gasteiger partial charge in [0.15, 0.2) is 0 Å². The number of benzene rings is 1. The lowest BCUT2D eigenvalue weighted by Gasteiger charge is -2.37. The molecule has 0 aliphatic heterocycles. The molecule has 0 heterocycles. The van der Waals surface area contributed by atoms with Gasteiger partial charge in [-0.1, -0.05) is 18.0 Å². The second kappa shape index (κ2) is 8.50. The molecule has 0 aromatic heterocycles. The summed E-state index contributed by atoms with van der Waals surface area (Å²) in [5, 5.41) is 9.70. The highest BCUT2D eigenvalue weighted by atomic mass is 35.5. The Morgan fingerprint density at radius 1 is 1.15 bits per heavy atom. The lowest BCUT2D eigenvalue weighted by molar-refractivity contribution is 0.109. The van der Waals surface area contributed by atoms with Crippen LogP contribution in [0.4, 0.5) is 0 Å². The van der Waals surface area contributed by atoms with E-state index >= 15 is 0 Å². The van der Waals surface area contributed by atoms with Crippen molar-refractivity contribution in [1.82, 2.24) is 4.90 Å². The minimum absolute atomic E-state index is 0.282. The summed E-state index contributed by atoms with van der Waals surface area (Å²) < 4.78 is 5.71. The van der Waals surface area contributed by atoms with Crippen molar-refractivity contribution in [1.29, 1.82) is 0 Å².